The molecule has 126 valence electrons. The van der Waals surface area contributed by atoms with Crippen LogP contribution in [0.4, 0.5) is 0 Å². The Bertz CT molecular complexity index is 654. The van der Waals surface area contributed by atoms with Gasteiger partial charge >= 0.3 is 0 Å². The number of nitrogens with zero attached hydrogens (tertiary/aromatic N) is 1. The lowest BCUT2D eigenvalue weighted by atomic mass is 10.00. The summed E-state index contributed by atoms with van der Waals surface area (Å²) in [7, 11) is -3.44. The summed E-state index contributed by atoms with van der Waals surface area (Å²) >= 11 is 0. The van der Waals surface area contributed by atoms with Crippen LogP contribution >= 0.6 is 0 Å². The summed E-state index contributed by atoms with van der Waals surface area (Å²) in [5.74, 6) is -0.266. The van der Waals surface area contributed by atoms with E-state index in [-0.39, 0.29) is 19.0 Å². The molecule has 6 heteroatoms. The highest BCUT2D eigenvalue weighted by atomic mass is 32.2. The molecule has 1 aromatic rings. The number of carbonyl (C=O) groups is 1. The molecule has 0 saturated heterocycles. The monoisotopic (exact) mass is 336 g/mol. The number of carbonyl (C=O) groups excluding carboxylic acids is 1. The molecule has 0 aromatic heterocycles. The maximum Gasteiger partial charge on any atom is 0.235 e. The Kier molecular flexibility index (Phi) is 6.36. The molecule has 0 radical (unpaired) electrons. The third-order valence-electron chi connectivity index (χ3n) is 3.89. The molecule has 1 aliphatic rings. The molecule has 1 N–H and O–H groups in total. The van der Waals surface area contributed by atoms with Crippen molar-refractivity contribution in [1.82, 2.24) is 9.62 Å². The number of amides is 1. The van der Waals surface area contributed by atoms with Gasteiger partial charge in [-0.25, -0.2) is 8.42 Å². The number of allylic oxidation sites excluding steroid dienone is 1. The third kappa shape index (κ3) is 6.15. The van der Waals surface area contributed by atoms with Gasteiger partial charge < -0.3 is 5.32 Å². The van der Waals surface area contributed by atoms with E-state index in [4.69, 9.17) is 0 Å². The van der Waals surface area contributed by atoms with Crippen LogP contribution in [0.3, 0.4) is 0 Å². The van der Waals surface area contributed by atoms with Gasteiger partial charge in [-0.1, -0.05) is 42.0 Å². The minimum absolute atomic E-state index is 0.152. The molecule has 0 spiro atoms. The Balaban J connectivity index is 1.92. The Morgan fingerprint density at radius 3 is 2.57 bits per heavy atom. The Morgan fingerprint density at radius 1 is 1.22 bits per heavy atom. The van der Waals surface area contributed by atoms with E-state index in [0.717, 1.165) is 31.1 Å². The molecule has 2 rings (SSSR count). The summed E-state index contributed by atoms with van der Waals surface area (Å²) in [6, 6.07) is 9.28. The summed E-state index contributed by atoms with van der Waals surface area (Å²) in [4.78, 5) is 12.1. The first-order valence-electron chi connectivity index (χ1n) is 7.89. The highest BCUT2D eigenvalue weighted by Crippen LogP contribution is 2.16. The molecule has 0 aliphatic heterocycles. The normalized spacial score (nSPS) is 15.3. The first-order valence-corrected chi connectivity index (χ1v) is 9.73. The van der Waals surface area contributed by atoms with Gasteiger partial charge in [-0.15, -0.1) is 0 Å². The van der Waals surface area contributed by atoms with Crippen molar-refractivity contribution in [2.75, 3.05) is 19.3 Å². The fourth-order valence-electron chi connectivity index (χ4n) is 2.57. The number of hydrogen-bond acceptors (Lipinski definition) is 3. The van der Waals surface area contributed by atoms with Gasteiger partial charge in [0.25, 0.3) is 0 Å². The molecule has 1 aliphatic carbocycles. The van der Waals surface area contributed by atoms with Gasteiger partial charge in [0.2, 0.25) is 15.9 Å². The lowest BCUT2D eigenvalue weighted by molar-refractivity contribution is -0.121. The summed E-state index contributed by atoms with van der Waals surface area (Å²) in [6.45, 7) is 0.568. The van der Waals surface area contributed by atoms with Crippen molar-refractivity contribution in [1.29, 1.82) is 0 Å². The van der Waals surface area contributed by atoms with Crippen molar-refractivity contribution in [2.45, 2.75) is 32.2 Å². The zero-order valence-electron chi connectivity index (χ0n) is 13.5. The van der Waals surface area contributed by atoms with Gasteiger partial charge in [0.05, 0.1) is 12.8 Å². The summed E-state index contributed by atoms with van der Waals surface area (Å²) in [5.41, 5.74) is 2.10. The number of rotatable bonds is 7. The van der Waals surface area contributed by atoms with E-state index in [1.807, 2.05) is 30.3 Å². The smallest absolute Gasteiger partial charge is 0.235 e. The number of hydrogen-bond donors (Lipinski definition) is 1. The first-order chi connectivity index (χ1) is 10.9. The zero-order valence-corrected chi connectivity index (χ0v) is 14.3. The highest BCUT2D eigenvalue weighted by Gasteiger charge is 2.20. The minimum Gasteiger partial charge on any atom is -0.351 e. The van der Waals surface area contributed by atoms with Crippen LogP contribution in [-0.2, 0) is 21.4 Å². The second-order valence-corrected chi connectivity index (χ2v) is 7.88. The van der Waals surface area contributed by atoms with Crippen LogP contribution in [0, 0.1) is 0 Å². The molecular weight excluding hydrogens is 312 g/mol. The van der Waals surface area contributed by atoms with Crippen LogP contribution in [0.15, 0.2) is 42.0 Å². The van der Waals surface area contributed by atoms with Crippen molar-refractivity contribution in [3.63, 3.8) is 0 Å². The standard InChI is InChI=1S/C17H24N2O3S/c1-23(21,22)19(13-16-10-6-3-7-11-16)14-17(20)18-12-15-8-4-2-5-9-15/h3,6-8,10-11H,2,4-5,9,12-14H2,1H3,(H,18,20). The number of nitrogens with one attached hydrogen (secondary N) is 1. The van der Waals surface area contributed by atoms with Gasteiger partial charge in [0, 0.05) is 13.1 Å². The van der Waals surface area contributed by atoms with Crippen LogP contribution in [0.5, 0.6) is 0 Å². The Labute approximate surface area is 138 Å². The maximum atomic E-state index is 12.1. The lowest BCUT2D eigenvalue weighted by Gasteiger charge is -2.20. The topological polar surface area (TPSA) is 66.5 Å². The van der Waals surface area contributed by atoms with Crippen molar-refractivity contribution in [2.24, 2.45) is 0 Å². The fourth-order valence-corrected chi connectivity index (χ4v) is 3.31. The minimum atomic E-state index is -3.44. The number of benzene rings is 1. The van der Waals surface area contributed by atoms with Gasteiger partial charge in [-0.3, -0.25) is 4.79 Å². The van der Waals surface area contributed by atoms with Gasteiger partial charge in [-0.05, 0) is 31.2 Å². The molecule has 0 unspecified atom stereocenters. The van der Waals surface area contributed by atoms with E-state index in [0.29, 0.717) is 6.54 Å². The van der Waals surface area contributed by atoms with Crippen LogP contribution in [-0.4, -0.2) is 38.0 Å². The molecular formula is C17H24N2O3S. The van der Waals surface area contributed by atoms with Gasteiger partial charge in [0.15, 0.2) is 0 Å². The molecule has 1 amide bonds. The van der Waals surface area contributed by atoms with Gasteiger partial charge in [-0.2, -0.15) is 4.31 Å². The third-order valence-corrected chi connectivity index (χ3v) is 5.08. The molecule has 0 bridgehead atoms. The quantitative estimate of drug-likeness (QED) is 0.775. The molecule has 0 heterocycles. The molecule has 23 heavy (non-hydrogen) atoms. The van der Waals surface area contributed by atoms with E-state index < -0.39 is 10.0 Å². The van der Waals surface area contributed by atoms with Crippen LogP contribution in [0.2, 0.25) is 0 Å². The zero-order chi connectivity index (χ0) is 16.7. The fraction of sp³-hybridized carbons (Fsp3) is 0.471. The van der Waals surface area contributed by atoms with Crippen molar-refractivity contribution in [3.05, 3.63) is 47.5 Å². The Hall–Kier alpha value is -1.66. The molecule has 0 saturated carbocycles. The summed E-state index contributed by atoms with van der Waals surface area (Å²) in [6.07, 6.45) is 7.74. The van der Waals surface area contributed by atoms with E-state index in [1.165, 1.54) is 16.3 Å². The molecule has 0 atom stereocenters. The lowest BCUT2D eigenvalue weighted by Crippen LogP contribution is -2.40. The van der Waals surface area contributed by atoms with Crippen molar-refractivity contribution < 1.29 is 13.2 Å². The summed E-state index contributed by atoms with van der Waals surface area (Å²) in [5, 5.41) is 2.83. The Morgan fingerprint density at radius 2 is 1.96 bits per heavy atom. The SMILES string of the molecule is CS(=O)(=O)N(CC(=O)NCC1=CCCCC1)Cc1ccccc1. The van der Waals surface area contributed by atoms with E-state index >= 15 is 0 Å². The maximum absolute atomic E-state index is 12.1. The molecule has 5 nitrogen and oxygen atoms in total. The van der Waals surface area contributed by atoms with E-state index in [9.17, 15) is 13.2 Å². The van der Waals surface area contributed by atoms with Crippen molar-refractivity contribution >= 4 is 15.9 Å². The predicted molar refractivity (Wildman–Crippen MR) is 91.3 cm³/mol. The summed E-state index contributed by atoms with van der Waals surface area (Å²) < 4.78 is 25.0. The van der Waals surface area contributed by atoms with Gasteiger partial charge in [0.1, 0.15) is 0 Å². The first kappa shape index (κ1) is 17.7. The van der Waals surface area contributed by atoms with E-state index in [2.05, 4.69) is 11.4 Å². The second-order valence-electron chi connectivity index (χ2n) is 5.90. The largest absolute Gasteiger partial charge is 0.351 e. The van der Waals surface area contributed by atoms with Crippen LogP contribution in [0.25, 0.3) is 0 Å². The highest BCUT2D eigenvalue weighted by molar-refractivity contribution is 7.88. The van der Waals surface area contributed by atoms with Crippen LogP contribution < -0.4 is 5.32 Å². The average molecular weight is 336 g/mol. The second kappa shape index (κ2) is 8.26. The predicted octanol–water partition coefficient (Wildman–Crippen LogP) is 2.06. The average Bonchev–Trinajstić information content (AvgIpc) is 2.53. The van der Waals surface area contributed by atoms with E-state index in [1.54, 1.807) is 0 Å². The molecule has 1 aromatic carbocycles. The number of sulfonamides is 1. The van der Waals surface area contributed by atoms with Crippen LogP contribution in [0.1, 0.15) is 31.2 Å². The molecule has 0 fully saturated rings. The van der Waals surface area contributed by atoms with Crippen molar-refractivity contribution in [3.8, 4) is 0 Å².